The number of nitrogens with zero attached hydrogens (tertiary/aromatic N) is 4. The molecule has 144 valence electrons. The Morgan fingerprint density at radius 1 is 1.11 bits per heavy atom. The van der Waals surface area contributed by atoms with E-state index in [-0.39, 0.29) is 10.9 Å². The van der Waals surface area contributed by atoms with Crippen molar-refractivity contribution in [2.75, 3.05) is 0 Å². The van der Waals surface area contributed by atoms with E-state index in [9.17, 15) is 13.2 Å². The Balaban J connectivity index is 1.56. The van der Waals surface area contributed by atoms with Crippen molar-refractivity contribution >= 4 is 23.1 Å². The molecule has 0 aliphatic rings. The molecule has 3 heterocycles. The van der Waals surface area contributed by atoms with Crippen LogP contribution in [0.2, 0.25) is 0 Å². The molecule has 1 aromatic carbocycles. The van der Waals surface area contributed by atoms with Crippen LogP contribution in [-0.4, -0.2) is 25.9 Å². The second-order valence-electron chi connectivity index (χ2n) is 5.77. The van der Waals surface area contributed by atoms with E-state index in [2.05, 4.69) is 15.1 Å². The number of thiophene rings is 1. The first-order valence-corrected chi connectivity index (χ1v) is 10.0. The average molecular weight is 422 g/mol. The lowest BCUT2D eigenvalue weighted by atomic mass is 10.2. The summed E-state index contributed by atoms with van der Waals surface area (Å²) in [5.41, 5.74) is 1.08. The van der Waals surface area contributed by atoms with Crippen molar-refractivity contribution in [1.82, 2.24) is 19.7 Å². The molecule has 5 nitrogen and oxygen atoms in total. The molecule has 0 unspecified atom stereocenters. The van der Waals surface area contributed by atoms with Gasteiger partial charge in [-0.2, -0.15) is 18.2 Å². The molecule has 0 saturated carbocycles. The van der Waals surface area contributed by atoms with Gasteiger partial charge >= 0.3 is 6.18 Å². The van der Waals surface area contributed by atoms with Gasteiger partial charge in [0.25, 0.3) is 0 Å². The summed E-state index contributed by atoms with van der Waals surface area (Å²) in [6, 6.07) is 12.6. The van der Waals surface area contributed by atoms with Crippen LogP contribution in [0.1, 0.15) is 5.89 Å². The summed E-state index contributed by atoms with van der Waals surface area (Å²) < 4.78 is 45.7. The minimum atomic E-state index is -4.36. The van der Waals surface area contributed by atoms with E-state index in [0.717, 1.165) is 21.2 Å². The van der Waals surface area contributed by atoms with Crippen molar-refractivity contribution in [3.8, 4) is 22.0 Å². The summed E-state index contributed by atoms with van der Waals surface area (Å²) in [6.07, 6.45) is -2.91. The standard InChI is InChI=1S/C18H13F3N4OS2/c19-18(20,21)11-25-13(12-5-2-1-3-6-12)9-22-17(25)28-10-15-23-16(24-26-15)14-7-4-8-27-14/h1-9H,10-11H2. The zero-order chi connectivity index (χ0) is 19.6. The molecule has 0 aliphatic heterocycles. The number of benzene rings is 1. The Bertz CT molecular complexity index is 1040. The molecule has 3 aromatic heterocycles. The fraction of sp³-hybridized carbons (Fsp3) is 0.167. The van der Waals surface area contributed by atoms with Gasteiger partial charge in [-0.25, -0.2) is 4.98 Å². The van der Waals surface area contributed by atoms with Crippen molar-refractivity contribution < 1.29 is 17.7 Å². The first-order chi connectivity index (χ1) is 13.5. The molecule has 0 N–H and O–H groups in total. The summed E-state index contributed by atoms with van der Waals surface area (Å²) in [5, 5.41) is 6.05. The third kappa shape index (κ3) is 4.28. The van der Waals surface area contributed by atoms with Crippen LogP contribution >= 0.6 is 23.1 Å². The fourth-order valence-corrected chi connectivity index (χ4v) is 4.06. The van der Waals surface area contributed by atoms with Crippen molar-refractivity contribution in [1.29, 1.82) is 0 Å². The van der Waals surface area contributed by atoms with Crippen LogP contribution in [0.25, 0.3) is 22.0 Å². The number of halogens is 3. The quantitative estimate of drug-likeness (QED) is 0.383. The summed E-state index contributed by atoms with van der Waals surface area (Å²) in [7, 11) is 0. The maximum Gasteiger partial charge on any atom is 0.406 e. The van der Waals surface area contributed by atoms with E-state index < -0.39 is 12.7 Å². The molecule has 0 fully saturated rings. The van der Waals surface area contributed by atoms with Crippen LogP contribution in [-0.2, 0) is 12.3 Å². The maximum atomic E-state index is 13.1. The van der Waals surface area contributed by atoms with Crippen molar-refractivity contribution in [2.45, 2.75) is 23.6 Å². The zero-order valence-corrected chi connectivity index (χ0v) is 15.9. The van der Waals surface area contributed by atoms with Crippen LogP contribution in [0.15, 0.2) is 63.7 Å². The van der Waals surface area contributed by atoms with Crippen LogP contribution in [0.5, 0.6) is 0 Å². The Morgan fingerprint density at radius 2 is 1.93 bits per heavy atom. The van der Waals surface area contributed by atoms with Gasteiger partial charge in [0.05, 0.1) is 22.5 Å². The zero-order valence-electron chi connectivity index (χ0n) is 14.3. The summed E-state index contributed by atoms with van der Waals surface area (Å²) in [5.74, 6) is 1.02. The van der Waals surface area contributed by atoms with E-state index in [1.165, 1.54) is 17.5 Å². The predicted octanol–water partition coefficient (Wildman–Crippen LogP) is 5.52. The van der Waals surface area contributed by atoms with Gasteiger partial charge in [0.15, 0.2) is 5.16 Å². The number of hydrogen-bond acceptors (Lipinski definition) is 6. The highest BCUT2D eigenvalue weighted by Crippen LogP contribution is 2.31. The van der Waals surface area contributed by atoms with Gasteiger partial charge in [-0.05, 0) is 17.0 Å². The number of aromatic nitrogens is 4. The minimum absolute atomic E-state index is 0.224. The number of thioether (sulfide) groups is 1. The second-order valence-corrected chi connectivity index (χ2v) is 7.66. The first kappa shape index (κ1) is 18.8. The van der Waals surface area contributed by atoms with Gasteiger partial charge in [0.1, 0.15) is 6.54 Å². The molecule has 4 rings (SSSR count). The first-order valence-electron chi connectivity index (χ1n) is 8.16. The Kier molecular flexibility index (Phi) is 5.23. The third-order valence-corrected chi connectivity index (χ3v) is 5.60. The van der Waals surface area contributed by atoms with Crippen LogP contribution in [0.3, 0.4) is 0 Å². The van der Waals surface area contributed by atoms with Gasteiger partial charge in [-0.15, -0.1) is 11.3 Å². The van der Waals surface area contributed by atoms with Crippen molar-refractivity contribution in [3.63, 3.8) is 0 Å². The van der Waals surface area contributed by atoms with E-state index in [4.69, 9.17) is 4.52 Å². The van der Waals surface area contributed by atoms with Crippen molar-refractivity contribution in [2.24, 2.45) is 0 Å². The van der Waals surface area contributed by atoms with Gasteiger partial charge in [-0.1, -0.05) is 53.3 Å². The fourth-order valence-electron chi connectivity index (χ4n) is 2.59. The highest BCUT2D eigenvalue weighted by Gasteiger charge is 2.31. The van der Waals surface area contributed by atoms with Crippen LogP contribution in [0, 0.1) is 0 Å². The molecule has 28 heavy (non-hydrogen) atoms. The molecule has 0 spiro atoms. The molecule has 10 heteroatoms. The van der Waals surface area contributed by atoms with E-state index in [1.54, 1.807) is 24.3 Å². The average Bonchev–Trinajstić information content (AvgIpc) is 3.40. The molecule has 0 saturated heterocycles. The highest BCUT2D eigenvalue weighted by molar-refractivity contribution is 7.98. The second kappa shape index (κ2) is 7.80. The molecule has 4 aromatic rings. The van der Waals surface area contributed by atoms with Crippen LogP contribution in [0.4, 0.5) is 13.2 Å². The molecule has 0 bridgehead atoms. The largest absolute Gasteiger partial charge is 0.406 e. The molecule has 0 atom stereocenters. The number of alkyl halides is 3. The molecule has 0 aliphatic carbocycles. The lowest BCUT2D eigenvalue weighted by molar-refractivity contribution is -0.141. The van der Waals surface area contributed by atoms with Gasteiger partial charge in [0.2, 0.25) is 11.7 Å². The lowest BCUT2D eigenvalue weighted by Crippen LogP contribution is -2.19. The number of imidazole rings is 1. The number of rotatable bonds is 6. The van der Waals surface area contributed by atoms with Crippen LogP contribution < -0.4 is 0 Å². The molecule has 0 amide bonds. The molecular formula is C18H13F3N4OS2. The third-order valence-electron chi connectivity index (χ3n) is 3.76. The predicted molar refractivity (Wildman–Crippen MR) is 101 cm³/mol. The smallest absolute Gasteiger partial charge is 0.338 e. The highest BCUT2D eigenvalue weighted by atomic mass is 32.2. The Labute approximate surface area is 166 Å². The van der Waals surface area contributed by atoms with E-state index in [1.807, 2.05) is 23.6 Å². The molecule has 0 radical (unpaired) electrons. The minimum Gasteiger partial charge on any atom is -0.338 e. The van der Waals surface area contributed by atoms with E-state index in [0.29, 0.717) is 23.0 Å². The summed E-state index contributed by atoms with van der Waals surface area (Å²) in [4.78, 5) is 9.34. The normalized spacial score (nSPS) is 11.8. The maximum absolute atomic E-state index is 13.1. The Morgan fingerprint density at radius 3 is 2.64 bits per heavy atom. The Hall–Kier alpha value is -2.59. The monoisotopic (exact) mass is 422 g/mol. The van der Waals surface area contributed by atoms with Crippen molar-refractivity contribution in [3.05, 3.63) is 59.9 Å². The summed E-state index contributed by atoms with van der Waals surface area (Å²) >= 11 is 2.61. The number of hydrogen-bond donors (Lipinski definition) is 0. The SMILES string of the molecule is FC(F)(F)Cn1c(-c2ccccc2)cnc1SCc1nc(-c2cccs2)no1. The topological polar surface area (TPSA) is 56.7 Å². The molecular weight excluding hydrogens is 409 g/mol. The van der Waals surface area contributed by atoms with Gasteiger partial charge < -0.3 is 9.09 Å². The van der Waals surface area contributed by atoms with Gasteiger partial charge in [-0.3, -0.25) is 0 Å². The lowest BCUT2D eigenvalue weighted by Gasteiger charge is -2.13. The summed E-state index contributed by atoms with van der Waals surface area (Å²) in [6.45, 7) is -1.12. The van der Waals surface area contributed by atoms with E-state index >= 15 is 0 Å². The van der Waals surface area contributed by atoms with Gasteiger partial charge in [0, 0.05) is 0 Å².